The maximum Gasteiger partial charge on any atom is 0.313 e. The lowest BCUT2D eigenvalue weighted by Gasteiger charge is -2.49. The summed E-state index contributed by atoms with van der Waals surface area (Å²) in [5.41, 5.74) is -7.51. The number of ether oxygens (including phenoxy) is 8. The predicted octanol–water partition coefficient (Wildman–Crippen LogP) is 4.23. The average Bonchev–Trinajstić information content (AvgIpc) is 3.26. The summed E-state index contributed by atoms with van der Waals surface area (Å²) in [4.78, 5) is 70.5. The van der Waals surface area contributed by atoms with Crippen LogP contribution in [0.4, 0.5) is 0 Å². The molecule has 20 nitrogen and oxygen atoms in total. The number of esters is 4. The fourth-order valence-electron chi connectivity index (χ4n) is 8.49. The molecule has 0 aliphatic rings. The van der Waals surface area contributed by atoms with Crippen molar-refractivity contribution < 1.29 is 87.4 Å². The van der Waals surface area contributed by atoms with E-state index in [9.17, 15) is 44.4 Å². The summed E-state index contributed by atoms with van der Waals surface area (Å²) in [6.45, 7) is 20.4. The Morgan fingerprint density at radius 1 is 0.549 bits per heavy atom. The highest BCUT2D eigenvalue weighted by atomic mass is 16.7. The third-order valence-corrected chi connectivity index (χ3v) is 13.6. The largest absolute Gasteiger partial charge is 0.481 e. The third kappa shape index (κ3) is 23.8. The first-order valence-electron chi connectivity index (χ1n) is 24.7. The summed E-state index contributed by atoms with van der Waals surface area (Å²) in [5.74, 6) is -3.60. The first kappa shape index (κ1) is 68.0. The van der Waals surface area contributed by atoms with Crippen molar-refractivity contribution in [3.63, 3.8) is 0 Å². The van der Waals surface area contributed by atoms with Crippen molar-refractivity contribution in [3.05, 3.63) is 0 Å². The van der Waals surface area contributed by atoms with Crippen LogP contribution in [-0.2, 0) is 61.9 Å². The monoisotopic (exact) mass is 1020 g/mol. The number of nitrogens with zero attached hydrogens (tertiary/aromatic N) is 2. The number of aliphatic hydroxyl groups is 4. The van der Waals surface area contributed by atoms with Crippen LogP contribution in [0.25, 0.3) is 0 Å². The first-order chi connectivity index (χ1) is 32.5. The second kappa shape index (κ2) is 30.4. The minimum atomic E-state index is -1.51. The number of carbonyl (C=O) groups excluding carboxylic acids is 4. The van der Waals surface area contributed by atoms with Crippen LogP contribution in [0.1, 0.15) is 134 Å². The van der Waals surface area contributed by atoms with Crippen molar-refractivity contribution in [1.82, 2.24) is 9.80 Å². The molecule has 0 aromatic heterocycles. The minimum absolute atomic E-state index is 0.0113. The molecule has 0 amide bonds. The van der Waals surface area contributed by atoms with Crippen LogP contribution in [0.3, 0.4) is 0 Å². The zero-order chi connectivity index (χ0) is 55.2. The molecule has 0 bridgehead atoms. The van der Waals surface area contributed by atoms with Crippen LogP contribution in [0.2, 0.25) is 0 Å². The van der Waals surface area contributed by atoms with Crippen LogP contribution in [0.5, 0.6) is 0 Å². The second-order valence-electron chi connectivity index (χ2n) is 22.7. The molecule has 0 aliphatic heterocycles. The standard InChI is InChI=1S/C51H96N2O18/c1-18-48(9,32-46(5,6)40(58)59)43(62)69-30-38(56)29-68-41(60)47(7,8)33-51(12,53(15)16)35-49(10,44(63)70-28-37(55)27-64-17)34-50(11,52(13)14)21-20-45(3,4)42(61)71-39(57)31-65-23-19-24-67-36(2)26-66-25-22-54/h36-39,54-57H,18-35H2,1-17H3,(H,58,59). The van der Waals surface area contributed by atoms with Crippen molar-refractivity contribution >= 4 is 29.8 Å². The zero-order valence-corrected chi connectivity index (χ0v) is 46.5. The number of carboxylic acids is 1. The highest BCUT2D eigenvalue weighted by Gasteiger charge is 2.51. The molecule has 0 fully saturated rings. The lowest BCUT2D eigenvalue weighted by Crippen LogP contribution is -2.55. The van der Waals surface area contributed by atoms with Gasteiger partial charge < -0.3 is 73.2 Å². The lowest BCUT2D eigenvalue weighted by atomic mass is 9.65. The van der Waals surface area contributed by atoms with Gasteiger partial charge in [0.1, 0.15) is 38.6 Å². The van der Waals surface area contributed by atoms with Gasteiger partial charge in [-0.2, -0.15) is 0 Å². The Morgan fingerprint density at radius 2 is 1.04 bits per heavy atom. The van der Waals surface area contributed by atoms with Gasteiger partial charge in [0, 0.05) is 31.4 Å². The number of aliphatic hydroxyl groups excluding tert-OH is 4. The number of aliphatic carboxylic acids is 1. The minimum Gasteiger partial charge on any atom is -0.481 e. The quantitative estimate of drug-likeness (QED) is 0.0250. The van der Waals surface area contributed by atoms with E-state index in [1.54, 1.807) is 48.5 Å². The highest BCUT2D eigenvalue weighted by Crippen LogP contribution is 2.47. The molecule has 0 spiro atoms. The lowest BCUT2D eigenvalue weighted by molar-refractivity contribution is -0.188. The van der Waals surface area contributed by atoms with Gasteiger partial charge in [-0.25, -0.2) is 0 Å². The number of methoxy groups -OCH3 is 1. The summed E-state index contributed by atoms with van der Waals surface area (Å²) >= 11 is 0. The summed E-state index contributed by atoms with van der Waals surface area (Å²) in [6.07, 6.45) is -2.07. The van der Waals surface area contributed by atoms with Crippen molar-refractivity contribution in [2.45, 2.75) is 170 Å². The molecule has 0 rings (SSSR count). The molecule has 71 heavy (non-hydrogen) atoms. The van der Waals surface area contributed by atoms with Gasteiger partial charge in [-0.1, -0.05) is 6.92 Å². The molecule has 0 aromatic rings. The molecular formula is C51H96N2O18. The van der Waals surface area contributed by atoms with Crippen LogP contribution < -0.4 is 0 Å². The number of hydrogen-bond acceptors (Lipinski definition) is 19. The second-order valence-corrected chi connectivity index (χ2v) is 22.7. The summed E-state index contributed by atoms with van der Waals surface area (Å²) in [6, 6.07) is 0. The Labute approximate surface area is 424 Å². The number of carboxylic acid groups (broad SMARTS) is 1. The smallest absolute Gasteiger partial charge is 0.313 e. The van der Waals surface area contributed by atoms with E-state index >= 15 is 0 Å². The molecule has 8 atom stereocenters. The van der Waals surface area contributed by atoms with Gasteiger partial charge in [-0.3, -0.25) is 24.0 Å². The van der Waals surface area contributed by atoms with Crippen LogP contribution >= 0.6 is 0 Å². The van der Waals surface area contributed by atoms with Gasteiger partial charge in [0.25, 0.3) is 0 Å². The number of hydrogen-bond donors (Lipinski definition) is 5. The Balaban J connectivity index is 6.19. The third-order valence-electron chi connectivity index (χ3n) is 13.6. The topological polar surface area (TPSA) is 267 Å². The van der Waals surface area contributed by atoms with E-state index < -0.39 is 99.7 Å². The molecule has 0 saturated carbocycles. The molecule has 0 aromatic carbocycles. The van der Waals surface area contributed by atoms with Crippen molar-refractivity contribution in [2.75, 3.05) is 101 Å². The molecule has 418 valence electrons. The van der Waals surface area contributed by atoms with E-state index in [2.05, 4.69) is 0 Å². The maximum absolute atomic E-state index is 14.5. The fraction of sp³-hybridized carbons (Fsp3) is 0.902. The summed E-state index contributed by atoms with van der Waals surface area (Å²) in [5, 5.41) is 50.2. The first-order valence-corrected chi connectivity index (χ1v) is 24.7. The van der Waals surface area contributed by atoms with Gasteiger partial charge >= 0.3 is 29.8 Å². The number of carbonyl (C=O) groups is 5. The Bertz CT molecular complexity index is 1630. The van der Waals surface area contributed by atoms with Crippen LogP contribution in [-0.4, -0.2) is 202 Å². The van der Waals surface area contributed by atoms with E-state index in [0.717, 1.165) is 0 Å². The molecular weight excluding hydrogens is 929 g/mol. The van der Waals surface area contributed by atoms with Gasteiger partial charge in [0.2, 0.25) is 6.29 Å². The molecule has 0 aliphatic carbocycles. The molecule has 20 heteroatoms. The van der Waals surface area contributed by atoms with E-state index in [4.69, 9.17) is 43.0 Å². The van der Waals surface area contributed by atoms with Crippen molar-refractivity contribution in [2.24, 2.45) is 27.1 Å². The summed E-state index contributed by atoms with van der Waals surface area (Å²) in [7, 11) is 8.84. The van der Waals surface area contributed by atoms with Gasteiger partial charge in [-0.15, -0.1) is 0 Å². The van der Waals surface area contributed by atoms with Gasteiger partial charge in [-0.05, 0) is 156 Å². The average molecular weight is 1030 g/mol. The Hall–Kier alpha value is -3.05. The molecule has 0 saturated heterocycles. The SMILES string of the molecule is CCC(C)(CC(C)(C)C(=O)O)C(=O)OCC(O)COC(=O)C(C)(C)CC(C)(CC(C)(CC(C)(CCC(C)(C)C(=O)OC(O)COCCCOC(C)COCCO)N(C)C)C(=O)OCC(O)COC)N(C)C. The van der Waals surface area contributed by atoms with Crippen molar-refractivity contribution in [1.29, 1.82) is 0 Å². The predicted molar refractivity (Wildman–Crippen MR) is 265 cm³/mol. The van der Waals surface area contributed by atoms with Crippen LogP contribution in [0.15, 0.2) is 0 Å². The van der Waals surface area contributed by atoms with Crippen molar-refractivity contribution in [3.8, 4) is 0 Å². The fourth-order valence-corrected chi connectivity index (χ4v) is 8.49. The molecule has 5 N–H and O–H groups in total. The van der Waals surface area contributed by atoms with E-state index in [1.807, 2.05) is 58.8 Å². The molecule has 0 radical (unpaired) electrons. The molecule has 0 heterocycles. The van der Waals surface area contributed by atoms with E-state index in [0.29, 0.717) is 38.9 Å². The van der Waals surface area contributed by atoms with E-state index in [-0.39, 0.29) is 71.4 Å². The summed E-state index contributed by atoms with van der Waals surface area (Å²) < 4.78 is 43.7. The number of rotatable bonds is 39. The maximum atomic E-state index is 14.5. The molecule has 8 unspecified atom stereocenters. The normalized spacial score (nSPS) is 17.7. The van der Waals surface area contributed by atoms with E-state index in [1.165, 1.54) is 21.0 Å². The van der Waals surface area contributed by atoms with Gasteiger partial charge in [0.05, 0.1) is 59.6 Å². The van der Waals surface area contributed by atoms with Gasteiger partial charge in [0.15, 0.2) is 0 Å². The Kier molecular flexibility index (Phi) is 29.0. The van der Waals surface area contributed by atoms with Crippen LogP contribution in [0, 0.1) is 27.1 Å². The highest BCUT2D eigenvalue weighted by molar-refractivity contribution is 5.80. The Morgan fingerprint density at radius 3 is 1.54 bits per heavy atom. The zero-order valence-electron chi connectivity index (χ0n) is 46.5.